The molecule has 1 aliphatic carbocycles. The van der Waals surface area contributed by atoms with Crippen LogP contribution < -0.4 is 5.32 Å². The first-order valence-electron chi connectivity index (χ1n) is 11.5. The lowest BCUT2D eigenvalue weighted by Gasteiger charge is -2.12. The van der Waals surface area contributed by atoms with Crippen LogP contribution in [0.15, 0.2) is 53.4 Å². The quantitative estimate of drug-likeness (QED) is 0.332. The third kappa shape index (κ3) is 4.42. The SMILES string of the molecule is CC(C)S(=O)(=O)c1ccc(CC(=O)Nc2sc3c(c2-c2nc4ccccc4s2)CCCC3)cc1. The summed E-state index contributed by atoms with van der Waals surface area (Å²) in [7, 11) is -3.32. The van der Waals surface area contributed by atoms with Gasteiger partial charge in [-0.15, -0.1) is 22.7 Å². The topological polar surface area (TPSA) is 76.1 Å². The number of aryl methyl sites for hydroxylation is 1. The largest absolute Gasteiger partial charge is 0.317 e. The molecule has 0 radical (unpaired) electrons. The van der Waals surface area contributed by atoms with Crippen molar-refractivity contribution < 1.29 is 13.2 Å². The van der Waals surface area contributed by atoms with Crippen molar-refractivity contribution in [2.24, 2.45) is 0 Å². The number of fused-ring (bicyclic) bond motifs is 2. The van der Waals surface area contributed by atoms with E-state index in [1.165, 1.54) is 16.9 Å². The van der Waals surface area contributed by atoms with Crippen molar-refractivity contribution in [1.29, 1.82) is 0 Å². The van der Waals surface area contributed by atoms with E-state index < -0.39 is 15.1 Å². The van der Waals surface area contributed by atoms with Gasteiger partial charge >= 0.3 is 0 Å². The number of hydrogen-bond acceptors (Lipinski definition) is 6. The Morgan fingerprint density at radius 1 is 1.03 bits per heavy atom. The molecule has 0 spiro atoms. The molecule has 0 atom stereocenters. The summed E-state index contributed by atoms with van der Waals surface area (Å²) in [6.45, 7) is 3.33. The summed E-state index contributed by atoms with van der Waals surface area (Å²) in [5.41, 5.74) is 4.16. The molecule has 1 aliphatic rings. The number of anilines is 1. The van der Waals surface area contributed by atoms with E-state index in [0.29, 0.717) is 0 Å². The van der Waals surface area contributed by atoms with Crippen molar-refractivity contribution >= 4 is 53.6 Å². The molecule has 5 nitrogen and oxygen atoms in total. The normalized spacial score (nSPS) is 13.9. The molecule has 176 valence electrons. The van der Waals surface area contributed by atoms with Gasteiger partial charge in [-0.25, -0.2) is 13.4 Å². The minimum absolute atomic E-state index is 0.111. The standard InChI is InChI=1S/C26H26N2O3S3/c1-16(2)34(30,31)18-13-11-17(12-14-18)15-23(29)28-26-24(19-7-3-5-9-21(19)32-26)25-27-20-8-4-6-10-22(20)33-25/h4,6,8,10-14,16H,3,5,7,9,15H2,1-2H3,(H,28,29). The molecule has 1 amide bonds. The molecule has 2 heterocycles. The minimum Gasteiger partial charge on any atom is -0.317 e. The van der Waals surface area contributed by atoms with Gasteiger partial charge < -0.3 is 5.32 Å². The Morgan fingerprint density at radius 2 is 1.76 bits per heavy atom. The van der Waals surface area contributed by atoms with Crippen molar-refractivity contribution in [3.05, 3.63) is 64.5 Å². The Bertz CT molecular complexity index is 1430. The highest BCUT2D eigenvalue weighted by Crippen LogP contribution is 2.46. The molecule has 4 aromatic rings. The smallest absolute Gasteiger partial charge is 0.229 e. The minimum atomic E-state index is -3.32. The van der Waals surface area contributed by atoms with Crippen LogP contribution in [0.3, 0.4) is 0 Å². The third-order valence-electron chi connectivity index (χ3n) is 6.17. The van der Waals surface area contributed by atoms with Gasteiger partial charge in [-0.2, -0.15) is 0 Å². The highest BCUT2D eigenvalue weighted by molar-refractivity contribution is 7.92. The van der Waals surface area contributed by atoms with Gasteiger partial charge in [0.15, 0.2) is 9.84 Å². The van der Waals surface area contributed by atoms with E-state index in [1.807, 2.05) is 18.2 Å². The van der Waals surface area contributed by atoms with Gasteiger partial charge in [-0.3, -0.25) is 4.79 Å². The van der Waals surface area contributed by atoms with E-state index in [9.17, 15) is 13.2 Å². The number of para-hydroxylation sites is 1. The average molecular weight is 511 g/mol. The van der Waals surface area contributed by atoms with Crippen molar-refractivity contribution in [3.8, 4) is 10.6 Å². The first-order chi connectivity index (χ1) is 16.3. The molecule has 2 aromatic heterocycles. The molecule has 0 fully saturated rings. The van der Waals surface area contributed by atoms with Crippen LogP contribution in [0.5, 0.6) is 0 Å². The zero-order valence-corrected chi connectivity index (χ0v) is 21.6. The highest BCUT2D eigenvalue weighted by atomic mass is 32.2. The molecule has 8 heteroatoms. The molecular formula is C26H26N2O3S3. The highest BCUT2D eigenvalue weighted by Gasteiger charge is 2.25. The Kier molecular flexibility index (Phi) is 6.31. The van der Waals surface area contributed by atoms with Crippen LogP contribution in [-0.2, 0) is 33.9 Å². The number of rotatable bonds is 6. The van der Waals surface area contributed by atoms with Gasteiger partial charge in [0, 0.05) is 10.4 Å². The summed E-state index contributed by atoms with van der Waals surface area (Å²) in [5.74, 6) is -0.111. The Labute approximate surface area is 207 Å². The number of benzene rings is 2. The summed E-state index contributed by atoms with van der Waals surface area (Å²) in [5, 5.41) is 4.50. The van der Waals surface area contributed by atoms with E-state index in [2.05, 4.69) is 11.4 Å². The van der Waals surface area contributed by atoms with Gasteiger partial charge in [0.25, 0.3) is 0 Å². The molecule has 0 bridgehead atoms. The molecule has 0 saturated carbocycles. The second-order valence-electron chi connectivity index (χ2n) is 8.86. The number of amides is 1. The van der Waals surface area contributed by atoms with Crippen LogP contribution >= 0.6 is 22.7 Å². The number of hydrogen-bond donors (Lipinski definition) is 1. The van der Waals surface area contributed by atoms with Gasteiger partial charge in [0.2, 0.25) is 5.91 Å². The van der Waals surface area contributed by atoms with Crippen LogP contribution in [0.25, 0.3) is 20.8 Å². The van der Waals surface area contributed by atoms with E-state index in [1.54, 1.807) is 60.8 Å². The van der Waals surface area contributed by atoms with Gasteiger partial charge in [-0.1, -0.05) is 24.3 Å². The predicted molar refractivity (Wildman–Crippen MR) is 141 cm³/mol. The molecule has 34 heavy (non-hydrogen) atoms. The van der Waals surface area contributed by atoms with Crippen molar-refractivity contribution in [2.45, 2.75) is 56.1 Å². The van der Waals surface area contributed by atoms with Gasteiger partial charge in [0.1, 0.15) is 10.0 Å². The molecule has 0 unspecified atom stereocenters. The molecule has 2 aromatic carbocycles. The third-order valence-corrected chi connectivity index (χ3v) is 10.6. The first-order valence-corrected chi connectivity index (χ1v) is 14.6. The summed E-state index contributed by atoms with van der Waals surface area (Å²) in [4.78, 5) is 19.5. The van der Waals surface area contributed by atoms with Crippen LogP contribution in [0.2, 0.25) is 0 Å². The van der Waals surface area contributed by atoms with E-state index >= 15 is 0 Å². The Balaban J connectivity index is 1.41. The second kappa shape index (κ2) is 9.24. The number of thiophene rings is 1. The number of nitrogens with zero attached hydrogens (tertiary/aromatic N) is 1. The van der Waals surface area contributed by atoms with Gasteiger partial charge in [0.05, 0.1) is 26.8 Å². The van der Waals surface area contributed by atoms with Crippen LogP contribution in [0.4, 0.5) is 5.00 Å². The maximum absolute atomic E-state index is 13.0. The van der Waals surface area contributed by atoms with Crippen LogP contribution in [0.1, 0.15) is 42.7 Å². The van der Waals surface area contributed by atoms with Gasteiger partial charge in [-0.05, 0) is 74.9 Å². The predicted octanol–water partition coefficient (Wildman–Crippen LogP) is 6.27. The number of carbonyl (C=O) groups excluding carboxylic acids is 1. The lowest BCUT2D eigenvalue weighted by atomic mass is 9.95. The summed E-state index contributed by atoms with van der Waals surface area (Å²) in [6, 6.07) is 14.8. The fourth-order valence-corrected chi connectivity index (χ4v) is 7.76. The van der Waals surface area contributed by atoms with Crippen LogP contribution in [0, 0.1) is 0 Å². The Hall–Kier alpha value is -2.55. The lowest BCUT2D eigenvalue weighted by molar-refractivity contribution is -0.115. The maximum Gasteiger partial charge on any atom is 0.229 e. The number of thiazole rings is 1. The average Bonchev–Trinajstić information content (AvgIpc) is 3.39. The van der Waals surface area contributed by atoms with Crippen molar-refractivity contribution in [2.75, 3.05) is 5.32 Å². The van der Waals surface area contributed by atoms with Crippen molar-refractivity contribution in [1.82, 2.24) is 4.98 Å². The number of nitrogens with one attached hydrogen (secondary N) is 1. The molecule has 1 N–H and O–H groups in total. The van der Waals surface area contributed by atoms with E-state index in [-0.39, 0.29) is 17.2 Å². The zero-order valence-electron chi connectivity index (χ0n) is 19.1. The fraction of sp³-hybridized carbons (Fsp3) is 0.308. The van der Waals surface area contributed by atoms with E-state index in [0.717, 1.165) is 50.6 Å². The van der Waals surface area contributed by atoms with Crippen LogP contribution in [-0.4, -0.2) is 24.6 Å². The molecule has 5 rings (SSSR count). The summed E-state index contributed by atoms with van der Waals surface area (Å²) in [6.07, 6.45) is 4.56. The number of aromatic nitrogens is 1. The fourth-order valence-electron chi connectivity index (χ4n) is 4.28. The number of sulfone groups is 1. The first kappa shape index (κ1) is 23.2. The lowest BCUT2D eigenvalue weighted by Crippen LogP contribution is -2.15. The molecule has 0 aliphatic heterocycles. The monoisotopic (exact) mass is 510 g/mol. The zero-order chi connectivity index (χ0) is 23.9. The summed E-state index contributed by atoms with van der Waals surface area (Å²) < 4.78 is 25.9. The van der Waals surface area contributed by atoms with E-state index in [4.69, 9.17) is 4.98 Å². The molecule has 0 saturated heterocycles. The number of carbonyl (C=O) groups is 1. The Morgan fingerprint density at radius 3 is 2.50 bits per heavy atom. The molecular weight excluding hydrogens is 484 g/mol. The van der Waals surface area contributed by atoms with Crippen molar-refractivity contribution in [3.63, 3.8) is 0 Å². The second-order valence-corrected chi connectivity index (χ2v) is 13.5. The summed E-state index contributed by atoms with van der Waals surface area (Å²) >= 11 is 3.34. The maximum atomic E-state index is 13.0.